The maximum absolute atomic E-state index is 12.5. The molecule has 0 saturated heterocycles. The second-order valence-corrected chi connectivity index (χ2v) is 6.67. The van der Waals surface area contributed by atoms with E-state index < -0.39 is 0 Å². The number of hydrogen-bond acceptors (Lipinski definition) is 3. The molecule has 0 atom stereocenters. The van der Waals surface area contributed by atoms with Crippen LogP contribution in [0.5, 0.6) is 0 Å². The van der Waals surface area contributed by atoms with Crippen molar-refractivity contribution < 1.29 is 4.79 Å². The molecule has 0 unspecified atom stereocenters. The highest BCUT2D eigenvalue weighted by molar-refractivity contribution is 6.40. The molecule has 0 aliphatic carbocycles. The third-order valence-electron chi connectivity index (χ3n) is 3.82. The van der Waals surface area contributed by atoms with Crippen LogP contribution >= 0.6 is 23.2 Å². The molecule has 1 amide bonds. The number of nitrogens with zero attached hydrogens (tertiary/aromatic N) is 1. The number of carbonyl (C=O) groups is 1. The molecule has 0 radical (unpaired) electrons. The zero-order chi connectivity index (χ0) is 18.5. The van der Waals surface area contributed by atoms with E-state index in [1.165, 1.54) is 11.8 Å². The molecule has 0 bridgehead atoms. The van der Waals surface area contributed by atoms with Crippen LogP contribution in [0, 0.1) is 6.92 Å². The summed E-state index contributed by atoms with van der Waals surface area (Å²) in [6, 6.07) is 15.0. The Balaban J connectivity index is 1.70. The minimum Gasteiger partial charge on any atom is -0.380 e. The average Bonchev–Trinajstić information content (AvgIpc) is 2.64. The summed E-state index contributed by atoms with van der Waals surface area (Å²) in [6.07, 6.45) is 3.17. The van der Waals surface area contributed by atoms with Crippen molar-refractivity contribution in [1.29, 1.82) is 0 Å². The molecule has 132 valence electrons. The molecule has 6 heteroatoms. The van der Waals surface area contributed by atoms with Crippen LogP contribution in [-0.4, -0.2) is 10.9 Å². The van der Waals surface area contributed by atoms with Gasteiger partial charge in [-0.1, -0.05) is 59.1 Å². The van der Waals surface area contributed by atoms with Gasteiger partial charge in [0.05, 0.1) is 27.0 Å². The number of rotatable bonds is 5. The molecular formula is C20H17Cl2N3O. The van der Waals surface area contributed by atoms with Gasteiger partial charge in [-0.3, -0.25) is 9.78 Å². The van der Waals surface area contributed by atoms with Gasteiger partial charge < -0.3 is 10.6 Å². The van der Waals surface area contributed by atoms with Crippen LogP contribution in [0.1, 0.15) is 21.5 Å². The van der Waals surface area contributed by atoms with E-state index in [2.05, 4.69) is 46.8 Å². The van der Waals surface area contributed by atoms with E-state index >= 15 is 0 Å². The van der Waals surface area contributed by atoms with Gasteiger partial charge in [0.25, 0.3) is 5.91 Å². The highest BCUT2D eigenvalue weighted by Gasteiger charge is 2.12. The molecule has 0 aliphatic heterocycles. The van der Waals surface area contributed by atoms with E-state index in [4.69, 9.17) is 23.2 Å². The highest BCUT2D eigenvalue weighted by Crippen LogP contribution is 2.30. The molecule has 1 aromatic heterocycles. The maximum Gasteiger partial charge on any atom is 0.257 e. The van der Waals surface area contributed by atoms with Crippen LogP contribution in [0.2, 0.25) is 10.0 Å². The van der Waals surface area contributed by atoms with Gasteiger partial charge in [-0.05, 0) is 30.7 Å². The Kier molecular flexibility index (Phi) is 5.76. The van der Waals surface area contributed by atoms with Gasteiger partial charge in [-0.2, -0.15) is 0 Å². The first-order valence-electron chi connectivity index (χ1n) is 8.03. The molecule has 0 saturated carbocycles. The number of nitrogens with one attached hydrogen (secondary N) is 2. The lowest BCUT2D eigenvalue weighted by Gasteiger charge is -2.11. The summed E-state index contributed by atoms with van der Waals surface area (Å²) >= 11 is 12.2. The van der Waals surface area contributed by atoms with E-state index in [1.54, 1.807) is 30.5 Å². The summed E-state index contributed by atoms with van der Waals surface area (Å²) < 4.78 is 0. The second kappa shape index (κ2) is 8.21. The first kappa shape index (κ1) is 18.2. The lowest BCUT2D eigenvalue weighted by molar-refractivity contribution is 0.102. The van der Waals surface area contributed by atoms with Crippen molar-refractivity contribution in [3.63, 3.8) is 0 Å². The van der Waals surface area contributed by atoms with Crippen molar-refractivity contribution in [2.75, 3.05) is 10.6 Å². The Hall–Kier alpha value is -2.56. The topological polar surface area (TPSA) is 54.0 Å². The van der Waals surface area contributed by atoms with Crippen molar-refractivity contribution in [2.24, 2.45) is 0 Å². The largest absolute Gasteiger partial charge is 0.380 e. The van der Waals surface area contributed by atoms with Crippen LogP contribution in [0.15, 0.2) is 60.9 Å². The number of pyridine rings is 1. The number of benzene rings is 2. The summed E-state index contributed by atoms with van der Waals surface area (Å²) in [5.74, 6) is -0.327. The third-order valence-corrected chi connectivity index (χ3v) is 4.45. The van der Waals surface area contributed by atoms with Gasteiger partial charge in [-0.25, -0.2) is 0 Å². The summed E-state index contributed by atoms with van der Waals surface area (Å²) in [4.78, 5) is 16.6. The molecular weight excluding hydrogens is 369 g/mol. The van der Waals surface area contributed by atoms with Crippen molar-refractivity contribution >= 4 is 40.5 Å². The Morgan fingerprint density at radius 3 is 2.42 bits per heavy atom. The van der Waals surface area contributed by atoms with Gasteiger partial charge in [0.1, 0.15) is 0 Å². The normalized spacial score (nSPS) is 10.4. The fourth-order valence-corrected chi connectivity index (χ4v) is 2.87. The first-order chi connectivity index (χ1) is 12.5. The average molecular weight is 386 g/mol. The zero-order valence-corrected chi connectivity index (χ0v) is 15.6. The smallest absolute Gasteiger partial charge is 0.257 e. The van der Waals surface area contributed by atoms with E-state index in [0.717, 1.165) is 11.3 Å². The zero-order valence-electron chi connectivity index (χ0n) is 14.1. The SMILES string of the molecule is Cc1ccc(CNc2cncc(C(=O)Nc3c(Cl)cccc3Cl)c2)cc1. The molecule has 26 heavy (non-hydrogen) atoms. The molecule has 4 nitrogen and oxygen atoms in total. The standard InChI is InChI=1S/C20H17Cl2N3O/c1-13-5-7-14(8-6-13)10-24-16-9-15(11-23-12-16)20(26)25-19-17(21)3-2-4-18(19)22/h2-9,11-12,24H,10H2,1H3,(H,25,26). The second-order valence-electron chi connectivity index (χ2n) is 5.85. The minimum absolute atomic E-state index is 0.327. The van der Waals surface area contributed by atoms with Crippen LogP contribution in [0.4, 0.5) is 11.4 Å². The minimum atomic E-state index is -0.327. The van der Waals surface area contributed by atoms with Crippen molar-refractivity contribution in [2.45, 2.75) is 13.5 Å². The molecule has 0 aliphatic rings. The number of para-hydroxylation sites is 1. The monoisotopic (exact) mass is 385 g/mol. The Labute approximate surface area is 162 Å². The van der Waals surface area contributed by atoms with Crippen molar-refractivity contribution in [3.8, 4) is 0 Å². The van der Waals surface area contributed by atoms with Gasteiger partial charge in [0.2, 0.25) is 0 Å². The molecule has 1 heterocycles. The third kappa shape index (κ3) is 4.54. The molecule has 2 N–H and O–H groups in total. The highest BCUT2D eigenvalue weighted by atomic mass is 35.5. The predicted octanol–water partition coefficient (Wildman–Crippen LogP) is 5.56. The van der Waals surface area contributed by atoms with Crippen molar-refractivity contribution in [1.82, 2.24) is 4.98 Å². The maximum atomic E-state index is 12.5. The number of amides is 1. The van der Waals surface area contributed by atoms with Crippen LogP contribution in [0.3, 0.4) is 0 Å². The van der Waals surface area contributed by atoms with E-state index in [1.807, 2.05) is 0 Å². The fraction of sp³-hybridized carbons (Fsp3) is 0.100. The summed E-state index contributed by atoms with van der Waals surface area (Å²) in [6.45, 7) is 2.69. The number of aromatic nitrogens is 1. The number of halogens is 2. The number of carbonyl (C=O) groups excluding carboxylic acids is 1. The fourth-order valence-electron chi connectivity index (χ4n) is 2.37. The Bertz CT molecular complexity index is 906. The van der Waals surface area contributed by atoms with Gasteiger partial charge in [0.15, 0.2) is 0 Å². The lowest BCUT2D eigenvalue weighted by Crippen LogP contribution is -2.13. The van der Waals surface area contributed by atoms with E-state index in [-0.39, 0.29) is 5.91 Å². The first-order valence-corrected chi connectivity index (χ1v) is 8.78. The Morgan fingerprint density at radius 1 is 1.04 bits per heavy atom. The summed E-state index contributed by atoms with van der Waals surface area (Å²) in [5.41, 5.74) is 3.91. The molecule has 3 aromatic rings. The molecule has 3 rings (SSSR count). The lowest BCUT2D eigenvalue weighted by atomic mass is 10.1. The quantitative estimate of drug-likeness (QED) is 0.604. The van der Waals surface area contributed by atoms with Crippen LogP contribution in [0.25, 0.3) is 0 Å². The number of aryl methyl sites for hydroxylation is 1. The summed E-state index contributed by atoms with van der Waals surface area (Å²) in [7, 11) is 0. The van der Waals surface area contributed by atoms with Gasteiger partial charge >= 0.3 is 0 Å². The van der Waals surface area contributed by atoms with E-state index in [9.17, 15) is 4.79 Å². The van der Waals surface area contributed by atoms with Crippen LogP contribution < -0.4 is 10.6 Å². The molecule has 0 fully saturated rings. The van der Waals surface area contributed by atoms with Crippen LogP contribution in [-0.2, 0) is 6.54 Å². The number of anilines is 2. The van der Waals surface area contributed by atoms with Gasteiger partial charge in [-0.15, -0.1) is 0 Å². The Morgan fingerprint density at radius 2 is 1.73 bits per heavy atom. The van der Waals surface area contributed by atoms with E-state index in [0.29, 0.717) is 27.8 Å². The summed E-state index contributed by atoms with van der Waals surface area (Å²) in [5, 5.41) is 6.76. The molecule has 2 aromatic carbocycles. The van der Waals surface area contributed by atoms with Gasteiger partial charge in [0, 0.05) is 18.9 Å². The molecule has 0 spiro atoms. The number of hydrogen-bond donors (Lipinski definition) is 2. The predicted molar refractivity (Wildman–Crippen MR) is 107 cm³/mol. The van der Waals surface area contributed by atoms with Crippen molar-refractivity contribution in [3.05, 3.63) is 87.7 Å².